The molecule has 0 aliphatic rings. The first kappa shape index (κ1) is 18.5. The molecule has 0 atom stereocenters. The fourth-order valence-corrected chi connectivity index (χ4v) is 2.37. The lowest BCUT2D eigenvalue weighted by Crippen LogP contribution is -2.40. The zero-order valence-electron chi connectivity index (χ0n) is 14.7. The minimum atomic E-state index is 0.0242. The van der Waals surface area contributed by atoms with Crippen molar-refractivity contribution in [3.05, 3.63) is 71.8 Å². The summed E-state index contributed by atoms with van der Waals surface area (Å²) < 4.78 is 0. The Balaban J connectivity index is 1.59. The summed E-state index contributed by atoms with van der Waals surface area (Å²) in [6, 6.07) is 20.2. The van der Waals surface area contributed by atoms with Gasteiger partial charge in [-0.3, -0.25) is 9.79 Å². The van der Waals surface area contributed by atoms with Crippen molar-refractivity contribution in [1.29, 1.82) is 0 Å². The van der Waals surface area contributed by atoms with Gasteiger partial charge in [-0.05, 0) is 17.5 Å². The van der Waals surface area contributed by atoms with E-state index in [0.717, 1.165) is 18.5 Å². The van der Waals surface area contributed by atoms with Crippen molar-refractivity contribution in [3.8, 4) is 0 Å². The van der Waals surface area contributed by atoms with Crippen LogP contribution in [0.1, 0.15) is 17.5 Å². The predicted molar refractivity (Wildman–Crippen MR) is 102 cm³/mol. The summed E-state index contributed by atoms with van der Waals surface area (Å²) in [4.78, 5) is 16.0. The molecule has 0 aliphatic carbocycles. The Bertz CT molecular complexity index is 656. The Morgan fingerprint density at radius 2 is 1.44 bits per heavy atom. The van der Waals surface area contributed by atoms with Crippen molar-refractivity contribution in [2.75, 3.05) is 20.1 Å². The number of benzene rings is 2. The van der Waals surface area contributed by atoms with Gasteiger partial charge in [0.2, 0.25) is 5.91 Å². The molecule has 0 saturated heterocycles. The maximum absolute atomic E-state index is 11.9. The molecule has 0 unspecified atom stereocenters. The highest BCUT2D eigenvalue weighted by Gasteiger charge is 2.03. The highest BCUT2D eigenvalue weighted by Crippen LogP contribution is 1.98. The van der Waals surface area contributed by atoms with Crippen LogP contribution in [0.3, 0.4) is 0 Å². The molecular weight excluding hydrogens is 312 g/mol. The van der Waals surface area contributed by atoms with Crippen molar-refractivity contribution >= 4 is 11.9 Å². The first-order chi connectivity index (χ1) is 12.3. The van der Waals surface area contributed by atoms with Gasteiger partial charge in [0.1, 0.15) is 0 Å². The van der Waals surface area contributed by atoms with Crippen LogP contribution in [-0.2, 0) is 17.8 Å². The molecule has 2 rings (SSSR count). The van der Waals surface area contributed by atoms with Gasteiger partial charge in [0.25, 0.3) is 0 Å². The van der Waals surface area contributed by atoms with Gasteiger partial charge < -0.3 is 16.0 Å². The van der Waals surface area contributed by atoms with Crippen molar-refractivity contribution in [3.63, 3.8) is 0 Å². The largest absolute Gasteiger partial charge is 0.356 e. The fraction of sp³-hybridized carbons (Fsp3) is 0.300. The fourth-order valence-electron chi connectivity index (χ4n) is 2.37. The first-order valence-corrected chi connectivity index (χ1v) is 8.57. The Morgan fingerprint density at radius 3 is 2.08 bits per heavy atom. The topological polar surface area (TPSA) is 65.5 Å². The summed E-state index contributed by atoms with van der Waals surface area (Å²) in [7, 11) is 1.73. The maximum Gasteiger partial charge on any atom is 0.222 e. The molecule has 2 aromatic rings. The number of hydrogen-bond donors (Lipinski definition) is 3. The molecule has 1 amide bonds. The number of nitrogens with zero attached hydrogens (tertiary/aromatic N) is 1. The Morgan fingerprint density at radius 1 is 0.840 bits per heavy atom. The van der Waals surface area contributed by atoms with Gasteiger partial charge in [-0.2, -0.15) is 0 Å². The van der Waals surface area contributed by atoms with Crippen LogP contribution in [0.4, 0.5) is 0 Å². The van der Waals surface area contributed by atoms with Gasteiger partial charge in [0.15, 0.2) is 5.96 Å². The molecule has 0 fully saturated rings. The molecule has 2 aromatic carbocycles. The molecule has 5 heteroatoms. The van der Waals surface area contributed by atoms with Crippen LogP contribution in [0, 0.1) is 0 Å². The van der Waals surface area contributed by atoms with E-state index >= 15 is 0 Å². The standard InChI is InChI=1S/C20H26N4O/c1-21-20(22-14-12-17-8-4-2-5-9-17)23-15-13-19(25)24-16-18-10-6-3-7-11-18/h2-11H,12-16H2,1H3,(H,24,25)(H2,21,22,23). The number of hydrogen-bond acceptors (Lipinski definition) is 2. The van der Waals surface area contributed by atoms with Gasteiger partial charge in [0, 0.05) is 33.1 Å². The van der Waals surface area contributed by atoms with E-state index in [1.54, 1.807) is 7.05 Å². The average Bonchev–Trinajstić information content (AvgIpc) is 2.67. The highest BCUT2D eigenvalue weighted by atomic mass is 16.1. The summed E-state index contributed by atoms with van der Waals surface area (Å²) in [6.07, 6.45) is 1.34. The molecule has 132 valence electrons. The van der Waals surface area contributed by atoms with E-state index in [2.05, 4.69) is 33.1 Å². The quantitative estimate of drug-likeness (QED) is 0.510. The van der Waals surface area contributed by atoms with Crippen molar-refractivity contribution < 1.29 is 4.79 Å². The number of nitrogens with one attached hydrogen (secondary N) is 3. The van der Waals surface area contributed by atoms with Crippen LogP contribution >= 0.6 is 0 Å². The van der Waals surface area contributed by atoms with E-state index in [4.69, 9.17) is 0 Å². The van der Waals surface area contributed by atoms with E-state index < -0.39 is 0 Å². The van der Waals surface area contributed by atoms with Crippen LogP contribution < -0.4 is 16.0 Å². The summed E-state index contributed by atoms with van der Waals surface area (Å²) in [6.45, 7) is 1.90. The third kappa shape index (κ3) is 7.52. The zero-order valence-corrected chi connectivity index (χ0v) is 14.7. The minimum Gasteiger partial charge on any atom is -0.356 e. The smallest absolute Gasteiger partial charge is 0.222 e. The van der Waals surface area contributed by atoms with Gasteiger partial charge in [-0.25, -0.2) is 0 Å². The van der Waals surface area contributed by atoms with Gasteiger partial charge in [-0.15, -0.1) is 0 Å². The molecular formula is C20H26N4O. The Hall–Kier alpha value is -2.82. The minimum absolute atomic E-state index is 0.0242. The molecule has 5 nitrogen and oxygen atoms in total. The SMILES string of the molecule is CN=C(NCCC(=O)NCc1ccccc1)NCCc1ccccc1. The predicted octanol–water partition coefficient (Wildman–Crippen LogP) is 2.10. The number of carbonyl (C=O) groups excluding carboxylic acids is 1. The highest BCUT2D eigenvalue weighted by molar-refractivity contribution is 5.81. The third-order valence-electron chi connectivity index (χ3n) is 3.75. The maximum atomic E-state index is 11.9. The van der Waals surface area contributed by atoms with E-state index in [0.29, 0.717) is 25.5 Å². The zero-order chi connectivity index (χ0) is 17.7. The van der Waals surface area contributed by atoms with E-state index in [-0.39, 0.29) is 5.91 Å². The molecule has 3 N–H and O–H groups in total. The first-order valence-electron chi connectivity index (χ1n) is 8.57. The molecule has 0 aromatic heterocycles. The molecule has 0 spiro atoms. The van der Waals surface area contributed by atoms with E-state index in [1.165, 1.54) is 5.56 Å². The molecule has 0 aliphatic heterocycles. The summed E-state index contributed by atoms with van der Waals surface area (Å²) in [5.74, 6) is 0.739. The number of aliphatic imine (C=N–C) groups is 1. The number of amides is 1. The lowest BCUT2D eigenvalue weighted by Gasteiger charge is -2.12. The molecule has 0 saturated carbocycles. The van der Waals surface area contributed by atoms with Gasteiger partial charge >= 0.3 is 0 Å². The second-order valence-electron chi connectivity index (χ2n) is 5.67. The van der Waals surface area contributed by atoms with Crippen molar-refractivity contribution in [2.24, 2.45) is 4.99 Å². The van der Waals surface area contributed by atoms with Crippen molar-refractivity contribution in [2.45, 2.75) is 19.4 Å². The average molecular weight is 338 g/mol. The molecule has 0 bridgehead atoms. The van der Waals surface area contributed by atoms with Crippen LogP contribution in [0.5, 0.6) is 0 Å². The Labute approximate surface area is 149 Å². The van der Waals surface area contributed by atoms with Crippen LogP contribution in [0.2, 0.25) is 0 Å². The number of carbonyl (C=O) groups is 1. The lowest BCUT2D eigenvalue weighted by molar-refractivity contribution is -0.121. The molecule has 25 heavy (non-hydrogen) atoms. The lowest BCUT2D eigenvalue weighted by atomic mass is 10.1. The normalized spacial score (nSPS) is 11.0. The van der Waals surface area contributed by atoms with Gasteiger partial charge in [-0.1, -0.05) is 60.7 Å². The summed E-state index contributed by atoms with van der Waals surface area (Å²) >= 11 is 0. The van der Waals surface area contributed by atoms with Gasteiger partial charge in [0.05, 0.1) is 0 Å². The molecule has 0 radical (unpaired) electrons. The summed E-state index contributed by atoms with van der Waals surface area (Å²) in [5, 5.41) is 9.34. The van der Waals surface area contributed by atoms with Crippen LogP contribution in [0.25, 0.3) is 0 Å². The summed E-state index contributed by atoms with van der Waals surface area (Å²) in [5.41, 5.74) is 2.38. The number of guanidine groups is 1. The molecule has 0 heterocycles. The Kier molecular flexibility index (Phi) is 8.05. The monoisotopic (exact) mass is 338 g/mol. The van der Waals surface area contributed by atoms with Crippen molar-refractivity contribution in [1.82, 2.24) is 16.0 Å². The van der Waals surface area contributed by atoms with Crippen LogP contribution in [0.15, 0.2) is 65.7 Å². The van der Waals surface area contributed by atoms with Crippen LogP contribution in [-0.4, -0.2) is 32.0 Å². The number of rotatable bonds is 8. The van der Waals surface area contributed by atoms with E-state index in [1.807, 2.05) is 48.5 Å². The second kappa shape index (κ2) is 10.9. The third-order valence-corrected chi connectivity index (χ3v) is 3.75. The van der Waals surface area contributed by atoms with E-state index in [9.17, 15) is 4.79 Å². The second-order valence-corrected chi connectivity index (χ2v) is 5.67.